The molecule has 3 N–H and O–H groups in total. The molecule has 1 heterocycles. The number of hydrogen-bond donors (Lipinski definition) is 2. The molecule has 114 valence electrons. The zero-order valence-electron chi connectivity index (χ0n) is 11.9. The van der Waals surface area contributed by atoms with Gasteiger partial charge < -0.3 is 20.2 Å². The average Bonchev–Trinajstić information content (AvgIpc) is 2.76. The van der Waals surface area contributed by atoms with Crippen LogP contribution in [0.2, 0.25) is 0 Å². The van der Waals surface area contributed by atoms with Crippen LogP contribution in [0.3, 0.4) is 0 Å². The summed E-state index contributed by atoms with van der Waals surface area (Å²) >= 11 is 0. The zero-order valence-corrected chi connectivity index (χ0v) is 12.7. The van der Waals surface area contributed by atoms with Gasteiger partial charge in [-0.25, -0.2) is 9.78 Å². The lowest BCUT2D eigenvalue weighted by molar-refractivity contribution is -0.156. The summed E-state index contributed by atoms with van der Waals surface area (Å²) in [6, 6.07) is 0. The van der Waals surface area contributed by atoms with Crippen LogP contribution in [0.15, 0.2) is 6.20 Å². The van der Waals surface area contributed by atoms with Gasteiger partial charge in [0.1, 0.15) is 23.0 Å². The van der Waals surface area contributed by atoms with Gasteiger partial charge in [0.25, 0.3) is 0 Å². The molecule has 1 aromatic heterocycles. The molecule has 0 spiro atoms. The first-order valence-corrected chi connectivity index (χ1v) is 5.84. The van der Waals surface area contributed by atoms with Gasteiger partial charge in [-0.2, -0.15) is 0 Å². The Balaban J connectivity index is 0.00000361. The third-order valence-corrected chi connectivity index (χ3v) is 2.26. The first kappa shape index (κ1) is 18.4. The Bertz CT molecular complexity index is 468. The monoisotopic (exact) mass is 305 g/mol. The van der Waals surface area contributed by atoms with Crippen LogP contribution in [0.5, 0.6) is 0 Å². The van der Waals surface area contributed by atoms with Gasteiger partial charge in [-0.15, -0.1) is 12.4 Å². The molecule has 0 aliphatic carbocycles. The summed E-state index contributed by atoms with van der Waals surface area (Å²) in [6.07, 6.45) is 1.30. The number of hydrogen-bond acceptors (Lipinski definition) is 6. The molecule has 0 aliphatic rings. The van der Waals surface area contributed by atoms with Crippen LogP contribution in [0, 0.1) is 0 Å². The third-order valence-electron chi connectivity index (χ3n) is 2.26. The summed E-state index contributed by atoms with van der Waals surface area (Å²) in [7, 11) is 1.26. The first-order chi connectivity index (χ1) is 8.78. The minimum atomic E-state index is -0.738. The van der Waals surface area contributed by atoms with E-state index in [0.29, 0.717) is 0 Å². The van der Waals surface area contributed by atoms with Crippen molar-refractivity contribution in [2.75, 3.05) is 13.7 Å². The second kappa shape index (κ2) is 7.25. The summed E-state index contributed by atoms with van der Waals surface area (Å²) in [5.41, 5.74) is 5.12. The molecule has 8 heteroatoms. The number of ether oxygens (including phenoxy) is 2. The molecular weight excluding hydrogens is 286 g/mol. The summed E-state index contributed by atoms with van der Waals surface area (Å²) in [4.78, 5) is 29.9. The molecular formula is C12H20ClN3O4. The molecule has 0 fully saturated rings. The largest absolute Gasteiger partial charge is 0.464 e. The van der Waals surface area contributed by atoms with Gasteiger partial charge in [0.05, 0.1) is 13.3 Å². The quantitative estimate of drug-likeness (QED) is 0.804. The van der Waals surface area contributed by atoms with Gasteiger partial charge in [-0.1, -0.05) is 0 Å². The zero-order chi connectivity index (χ0) is 14.6. The number of methoxy groups -OCH3 is 1. The fourth-order valence-electron chi connectivity index (χ4n) is 1.42. The number of esters is 2. The topological polar surface area (TPSA) is 107 Å². The summed E-state index contributed by atoms with van der Waals surface area (Å²) in [5.74, 6) is -1.49. The number of rotatable bonds is 4. The van der Waals surface area contributed by atoms with Crippen LogP contribution >= 0.6 is 12.4 Å². The van der Waals surface area contributed by atoms with Crippen molar-refractivity contribution in [2.24, 2.45) is 5.73 Å². The highest BCUT2D eigenvalue weighted by molar-refractivity contribution is 5.87. The molecule has 7 nitrogen and oxygen atoms in total. The van der Waals surface area contributed by atoms with Crippen molar-refractivity contribution in [3.05, 3.63) is 17.7 Å². The summed E-state index contributed by atoms with van der Waals surface area (Å²) < 4.78 is 9.79. The molecule has 20 heavy (non-hydrogen) atoms. The number of aromatic amines is 1. The van der Waals surface area contributed by atoms with Crippen LogP contribution in [0.1, 0.15) is 43.0 Å². The van der Waals surface area contributed by atoms with Crippen molar-refractivity contribution in [1.82, 2.24) is 9.97 Å². The number of nitrogens with zero attached hydrogens (tertiary/aromatic N) is 1. The molecule has 0 saturated heterocycles. The number of imidazole rings is 1. The molecule has 1 aromatic rings. The smallest absolute Gasteiger partial charge is 0.356 e. The van der Waals surface area contributed by atoms with Gasteiger partial charge in [-0.3, -0.25) is 4.79 Å². The van der Waals surface area contributed by atoms with E-state index < -0.39 is 23.5 Å². The second-order valence-electron chi connectivity index (χ2n) is 5.00. The average molecular weight is 306 g/mol. The van der Waals surface area contributed by atoms with Gasteiger partial charge in [0.2, 0.25) is 0 Å². The number of aromatic nitrogens is 2. The fourth-order valence-corrected chi connectivity index (χ4v) is 1.42. The van der Waals surface area contributed by atoms with Crippen LogP contribution in [-0.4, -0.2) is 41.2 Å². The molecule has 0 radical (unpaired) electrons. The number of nitrogens with two attached hydrogens (primary N) is 1. The van der Waals surface area contributed by atoms with Crippen LogP contribution in [0.25, 0.3) is 0 Å². The Hall–Kier alpha value is -1.60. The standard InChI is InChI=1S/C12H19N3O4.ClH/c1-12(2,3)19-10(16)7(5-13)9-14-6-8(15-9)11(17)18-4;/h6-7H,5,13H2,1-4H3,(H,14,15);1H/t7-;/m0./s1. The number of nitrogens with one attached hydrogen (secondary N) is 1. The molecule has 0 aliphatic heterocycles. The van der Waals surface area contributed by atoms with Crippen molar-refractivity contribution < 1.29 is 19.1 Å². The molecule has 1 atom stereocenters. The predicted octanol–water partition coefficient (Wildman–Crippen LogP) is 1.00. The summed E-state index contributed by atoms with van der Waals surface area (Å²) in [6.45, 7) is 5.32. The van der Waals surface area contributed by atoms with E-state index in [-0.39, 0.29) is 30.5 Å². The van der Waals surface area contributed by atoms with E-state index >= 15 is 0 Å². The van der Waals surface area contributed by atoms with Crippen LogP contribution < -0.4 is 5.73 Å². The van der Waals surface area contributed by atoms with Gasteiger partial charge in [0.15, 0.2) is 0 Å². The maximum atomic E-state index is 12.0. The third kappa shape index (κ3) is 4.82. The first-order valence-electron chi connectivity index (χ1n) is 5.84. The van der Waals surface area contributed by atoms with E-state index in [1.165, 1.54) is 13.3 Å². The number of halogens is 1. The number of carbonyl (C=O) groups is 2. The highest BCUT2D eigenvalue weighted by Gasteiger charge is 2.28. The maximum absolute atomic E-state index is 12.0. The predicted molar refractivity (Wildman–Crippen MR) is 74.8 cm³/mol. The lowest BCUT2D eigenvalue weighted by Gasteiger charge is -2.22. The van der Waals surface area contributed by atoms with Crippen molar-refractivity contribution >= 4 is 24.3 Å². The van der Waals surface area contributed by atoms with Crippen LogP contribution in [-0.2, 0) is 14.3 Å². The Morgan fingerprint density at radius 3 is 2.50 bits per heavy atom. The number of H-pyrrole nitrogens is 1. The molecule has 0 unspecified atom stereocenters. The van der Waals surface area contributed by atoms with E-state index in [1.54, 1.807) is 20.8 Å². The molecule has 0 amide bonds. The molecule has 0 saturated carbocycles. The minimum absolute atomic E-state index is 0. The second-order valence-corrected chi connectivity index (χ2v) is 5.00. The highest BCUT2D eigenvalue weighted by atomic mass is 35.5. The van der Waals surface area contributed by atoms with Crippen LogP contribution in [0.4, 0.5) is 0 Å². The number of carbonyl (C=O) groups excluding carboxylic acids is 2. The van der Waals surface area contributed by atoms with E-state index in [9.17, 15) is 9.59 Å². The molecule has 0 bridgehead atoms. The van der Waals surface area contributed by atoms with Crippen molar-refractivity contribution in [2.45, 2.75) is 32.3 Å². The van der Waals surface area contributed by atoms with E-state index in [1.807, 2.05) is 0 Å². The highest BCUT2D eigenvalue weighted by Crippen LogP contribution is 2.17. The SMILES string of the molecule is COC(=O)c1cnc([C@H](CN)C(=O)OC(C)(C)C)[nH]1.Cl. The lowest BCUT2D eigenvalue weighted by Crippen LogP contribution is -2.31. The van der Waals surface area contributed by atoms with Crippen molar-refractivity contribution in [3.8, 4) is 0 Å². The summed E-state index contributed by atoms with van der Waals surface area (Å²) in [5, 5.41) is 0. The lowest BCUT2D eigenvalue weighted by atomic mass is 10.1. The normalized spacial score (nSPS) is 12.2. The Morgan fingerprint density at radius 2 is 2.05 bits per heavy atom. The van der Waals surface area contributed by atoms with Crippen molar-refractivity contribution in [1.29, 1.82) is 0 Å². The van der Waals surface area contributed by atoms with E-state index in [4.69, 9.17) is 10.5 Å². The molecule has 0 aromatic carbocycles. The van der Waals surface area contributed by atoms with Crippen molar-refractivity contribution in [3.63, 3.8) is 0 Å². The molecule has 1 rings (SSSR count). The fraction of sp³-hybridized carbons (Fsp3) is 0.583. The van der Waals surface area contributed by atoms with Gasteiger partial charge in [-0.05, 0) is 20.8 Å². The maximum Gasteiger partial charge on any atom is 0.356 e. The van der Waals surface area contributed by atoms with Gasteiger partial charge in [0, 0.05) is 6.54 Å². The Labute approximate surface area is 123 Å². The van der Waals surface area contributed by atoms with E-state index in [0.717, 1.165) is 0 Å². The van der Waals surface area contributed by atoms with Gasteiger partial charge >= 0.3 is 11.9 Å². The Morgan fingerprint density at radius 1 is 1.45 bits per heavy atom. The Kier molecular flexibility index (Phi) is 6.67. The van der Waals surface area contributed by atoms with E-state index in [2.05, 4.69) is 14.7 Å². The minimum Gasteiger partial charge on any atom is -0.464 e.